The van der Waals surface area contributed by atoms with Gasteiger partial charge in [0.15, 0.2) is 11.5 Å². The van der Waals surface area contributed by atoms with Crippen molar-refractivity contribution in [2.45, 2.75) is 68.8 Å². The summed E-state index contributed by atoms with van der Waals surface area (Å²) in [7, 11) is 0. The van der Waals surface area contributed by atoms with Crippen LogP contribution >= 0.6 is 27.7 Å². The zero-order chi connectivity index (χ0) is 16.9. The van der Waals surface area contributed by atoms with Crippen molar-refractivity contribution < 1.29 is 9.47 Å². The molecule has 0 saturated heterocycles. The fourth-order valence-corrected chi connectivity index (χ4v) is 6.46. The zero-order valence-electron chi connectivity index (χ0n) is 14.9. The van der Waals surface area contributed by atoms with Gasteiger partial charge in [0.2, 0.25) is 0 Å². The van der Waals surface area contributed by atoms with Crippen LogP contribution < -0.4 is 9.47 Å². The van der Waals surface area contributed by atoms with Crippen molar-refractivity contribution in [3.63, 3.8) is 0 Å². The summed E-state index contributed by atoms with van der Waals surface area (Å²) in [6.45, 7) is 5.82. The molecule has 0 radical (unpaired) electrons. The molecule has 1 saturated carbocycles. The number of alkyl halides is 1. The van der Waals surface area contributed by atoms with E-state index in [-0.39, 0.29) is 0 Å². The second kappa shape index (κ2) is 8.84. The van der Waals surface area contributed by atoms with Crippen LogP contribution in [-0.2, 0) is 0 Å². The second-order valence-electron chi connectivity index (χ2n) is 6.80. The molecule has 1 fully saturated rings. The highest BCUT2D eigenvalue weighted by Gasteiger charge is 2.39. The van der Waals surface area contributed by atoms with Gasteiger partial charge in [-0.05, 0) is 61.3 Å². The summed E-state index contributed by atoms with van der Waals surface area (Å²) in [5.41, 5.74) is 3.04. The molecule has 24 heavy (non-hydrogen) atoms. The Kier molecular flexibility index (Phi) is 6.79. The lowest BCUT2D eigenvalue weighted by atomic mass is 9.89. The lowest BCUT2D eigenvalue weighted by Crippen LogP contribution is -2.20. The van der Waals surface area contributed by atoms with Gasteiger partial charge in [-0.25, -0.2) is 0 Å². The Morgan fingerprint density at radius 1 is 1.04 bits per heavy atom. The average molecular weight is 413 g/mol. The first kappa shape index (κ1) is 18.4. The number of benzene rings is 1. The van der Waals surface area contributed by atoms with Gasteiger partial charge in [-0.3, -0.25) is 0 Å². The molecule has 4 heteroatoms. The van der Waals surface area contributed by atoms with E-state index in [0.717, 1.165) is 48.1 Å². The highest BCUT2D eigenvalue weighted by molar-refractivity contribution is 9.09. The van der Waals surface area contributed by atoms with E-state index in [0.29, 0.717) is 11.2 Å². The summed E-state index contributed by atoms with van der Waals surface area (Å²) >= 11 is 5.85. The summed E-state index contributed by atoms with van der Waals surface area (Å²) in [5, 5.41) is 2.44. The molecule has 3 atom stereocenters. The van der Waals surface area contributed by atoms with E-state index in [2.05, 4.69) is 53.7 Å². The Morgan fingerprint density at radius 2 is 1.71 bits per heavy atom. The van der Waals surface area contributed by atoms with Crippen LogP contribution in [0.3, 0.4) is 0 Å². The van der Waals surface area contributed by atoms with Crippen molar-refractivity contribution in [1.29, 1.82) is 0 Å². The van der Waals surface area contributed by atoms with Crippen LogP contribution in [0.25, 0.3) is 0 Å². The van der Waals surface area contributed by atoms with Crippen LogP contribution in [0, 0.1) is 0 Å². The Labute approximate surface area is 159 Å². The molecule has 2 nitrogen and oxygen atoms in total. The van der Waals surface area contributed by atoms with Crippen molar-refractivity contribution in [2.75, 3.05) is 18.5 Å². The van der Waals surface area contributed by atoms with E-state index in [4.69, 9.17) is 9.47 Å². The number of fused-ring (bicyclic) bond motifs is 3. The molecule has 1 aromatic carbocycles. The highest BCUT2D eigenvalue weighted by Crippen LogP contribution is 2.56. The van der Waals surface area contributed by atoms with Crippen molar-refractivity contribution in [3.05, 3.63) is 23.3 Å². The van der Waals surface area contributed by atoms with E-state index in [1.165, 1.54) is 36.8 Å². The summed E-state index contributed by atoms with van der Waals surface area (Å²) in [6, 6.07) is 4.62. The quantitative estimate of drug-likeness (QED) is 0.455. The Morgan fingerprint density at radius 3 is 2.33 bits per heavy atom. The third-order valence-electron chi connectivity index (χ3n) is 4.98. The summed E-state index contributed by atoms with van der Waals surface area (Å²) in [5.74, 6) is 2.61. The standard InChI is InChI=1S/C20H29BrO2S/c1-3-10-22-17-12-15-14-6-5-7-19(14)24-20(8-9-21)16(15)13-18(17)23-11-4-2/h12-14,19-20H,3-11H2,1-2H3. The van der Waals surface area contributed by atoms with Crippen molar-refractivity contribution in [3.8, 4) is 11.5 Å². The number of hydrogen-bond donors (Lipinski definition) is 0. The van der Waals surface area contributed by atoms with Gasteiger partial charge < -0.3 is 9.47 Å². The second-order valence-corrected chi connectivity index (χ2v) is 9.04. The van der Waals surface area contributed by atoms with Gasteiger partial charge in [0.05, 0.1) is 13.2 Å². The molecule has 1 aliphatic carbocycles. The van der Waals surface area contributed by atoms with Crippen LogP contribution in [0.2, 0.25) is 0 Å². The molecule has 0 amide bonds. The number of halogens is 1. The van der Waals surface area contributed by atoms with Crippen molar-refractivity contribution in [1.82, 2.24) is 0 Å². The molecular weight excluding hydrogens is 384 g/mol. The van der Waals surface area contributed by atoms with E-state index < -0.39 is 0 Å². The summed E-state index contributed by atoms with van der Waals surface area (Å²) in [4.78, 5) is 0. The molecule has 3 rings (SSSR count). The molecule has 1 heterocycles. The van der Waals surface area contributed by atoms with E-state index in [9.17, 15) is 0 Å². The van der Waals surface area contributed by atoms with Crippen LogP contribution in [0.15, 0.2) is 12.1 Å². The van der Waals surface area contributed by atoms with Gasteiger partial charge in [-0.2, -0.15) is 0 Å². The summed E-state index contributed by atoms with van der Waals surface area (Å²) < 4.78 is 12.1. The van der Waals surface area contributed by atoms with Gasteiger partial charge in [0.1, 0.15) is 0 Å². The van der Waals surface area contributed by atoms with Gasteiger partial charge in [-0.15, -0.1) is 11.8 Å². The largest absolute Gasteiger partial charge is 0.490 e. The molecule has 0 N–H and O–H groups in total. The van der Waals surface area contributed by atoms with E-state index in [1.54, 1.807) is 0 Å². The van der Waals surface area contributed by atoms with Gasteiger partial charge in [-0.1, -0.05) is 36.2 Å². The fraction of sp³-hybridized carbons (Fsp3) is 0.700. The average Bonchev–Trinajstić information content (AvgIpc) is 3.06. The van der Waals surface area contributed by atoms with Crippen molar-refractivity contribution >= 4 is 27.7 Å². The first-order chi connectivity index (χ1) is 11.8. The molecule has 1 aliphatic heterocycles. The predicted octanol–water partition coefficient (Wildman–Crippen LogP) is 6.47. The zero-order valence-corrected chi connectivity index (χ0v) is 17.3. The first-order valence-electron chi connectivity index (χ1n) is 9.43. The molecule has 134 valence electrons. The Bertz CT molecular complexity index is 549. The first-order valence-corrected chi connectivity index (χ1v) is 11.5. The molecule has 0 spiro atoms. The molecule has 0 bridgehead atoms. The van der Waals surface area contributed by atoms with E-state index >= 15 is 0 Å². The fourth-order valence-electron chi connectivity index (χ4n) is 3.89. The Hall–Kier alpha value is -0.350. The predicted molar refractivity (Wildman–Crippen MR) is 107 cm³/mol. The minimum Gasteiger partial charge on any atom is -0.490 e. The lowest BCUT2D eigenvalue weighted by Gasteiger charge is -2.35. The maximum Gasteiger partial charge on any atom is 0.161 e. The number of rotatable bonds is 8. The highest BCUT2D eigenvalue weighted by atomic mass is 79.9. The van der Waals surface area contributed by atoms with E-state index in [1.807, 2.05) is 0 Å². The minimum atomic E-state index is 0.586. The number of ether oxygens (including phenoxy) is 2. The molecule has 1 aromatic rings. The SMILES string of the molecule is CCCOc1cc2c(cc1OCCC)C1CCCC1SC2CCBr. The maximum atomic E-state index is 6.05. The summed E-state index contributed by atoms with van der Waals surface area (Å²) in [6.07, 6.45) is 7.29. The lowest BCUT2D eigenvalue weighted by molar-refractivity contribution is 0.267. The van der Waals surface area contributed by atoms with Gasteiger partial charge in [0.25, 0.3) is 0 Å². The Balaban J connectivity index is 1.98. The minimum absolute atomic E-state index is 0.586. The number of thioether (sulfide) groups is 1. The van der Waals surface area contributed by atoms with Gasteiger partial charge >= 0.3 is 0 Å². The molecule has 0 aromatic heterocycles. The third-order valence-corrected chi connectivity index (χ3v) is 7.17. The van der Waals surface area contributed by atoms with Crippen molar-refractivity contribution in [2.24, 2.45) is 0 Å². The maximum absolute atomic E-state index is 6.05. The van der Waals surface area contributed by atoms with Crippen LogP contribution in [0.4, 0.5) is 0 Å². The van der Waals surface area contributed by atoms with Crippen LogP contribution in [-0.4, -0.2) is 23.8 Å². The number of hydrogen-bond acceptors (Lipinski definition) is 3. The van der Waals surface area contributed by atoms with Crippen LogP contribution in [0.5, 0.6) is 11.5 Å². The molecule has 3 unspecified atom stereocenters. The molecule has 2 aliphatic rings. The smallest absolute Gasteiger partial charge is 0.161 e. The topological polar surface area (TPSA) is 18.5 Å². The van der Waals surface area contributed by atoms with Crippen LogP contribution in [0.1, 0.15) is 74.7 Å². The third kappa shape index (κ3) is 3.90. The monoisotopic (exact) mass is 412 g/mol. The van der Waals surface area contributed by atoms with Gasteiger partial charge in [0, 0.05) is 15.8 Å². The molecular formula is C20H29BrO2S. The normalized spacial score (nSPS) is 25.2.